The number of ether oxygens (including phenoxy) is 1. The topological polar surface area (TPSA) is 43.4 Å². The molecule has 0 aliphatic heterocycles. The maximum Gasteiger partial charge on any atom is 0.206 e. The molecule has 5 heteroatoms. The molecule has 0 aromatic heterocycles. The molecule has 0 fully saturated rings. The Hall–Kier alpha value is -1.85. The fourth-order valence-electron chi connectivity index (χ4n) is 2.25. The summed E-state index contributed by atoms with van der Waals surface area (Å²) in [5.41, 5.74) is 0. The standard InChI is InChI=1S/C17H13BrO3S/c1-21-15-5-8-16(9-6-15)22(19,20)17-7-3-12-10-14(18)4-2-13(12)11-17/h2-11H,1H3. The largest absolute Gasteiger partial charge is 0.497 e. The van der Waals surface area contributed by atoms with E-state index >= 15 is 0 Å². The van der Waals surface area contributed by atoms with Crippen LogP contribution in [0.4, 0.5) is 0 Å². The van der Waals surface area contributed by atoms with Gasteiger partial charge in [-0.05, 0) is 59.3 Å². The van der Waals surface area contributed by atoms with Gasteiger partial charge in [-0.15, -0.1) is 0 Å². The Balaban J connectivity index is 2.09. The summed E-state index contributed by atoms with van der Waals surface area (Å²) in [6.45, 7) is 0. The molecule has 3 rings (SSSR count). The Morgan fingerprint density at radius 1 is 0.818 bits per heavy atom. The van der Waals surface area contributed by atoms with Crippen molar-refractivity contribution in [2.24, 2.45) is 0 Å². The van der Waals surface area contributed by atoms with Crippen molar-refractivity contribution in [3.05, 3.63) is 65.1 Å². The Kier molecular flexibility index (Phi) is 3.93. The lowest BCUT2D eigenvalue weighted by atomic mass is 10.1. The first-order chi connectivity index (χ1) is 10.5. The third kappa shape index (κ3) is 2.74. The van der Waals surface area contributed by atoms with Gasteiger partial charge >= 0.3 is 0 Å². The van der Waals surface area contributed by atoms with E-state index in [2.05, 4.69) is 15.9 Å². The van der Waals surface area contributed by atoms with Crippen LogP contribution in [0.1, 0.15) is 0 Å². The molecule has 0 atom stereocenters. The summed E-state index contributed by atoms with van der Waals surface area (Å²) < 4.78 is 31.4. The molecule has 0 radical (unpaired) electrons. The lowest BCUT2D eigenvalue weighted by Gasteiger charge is -2.07. The number of fused-ring (bicyclic) bond motifs is 1. The molecule has 0 amide bonds. The smallest absolute Gasteiger partial charge is 0.206 e. The third-order valence-corrected chi connectivity index (χ3v) is 5.71. The zero-order valence-corrected chi connectivity index (χ0v) is 14.2. The highest BCUT2D eigenvalue weighted by atomic mass is 79.9. The number of methoxy groups -OCH3 is 1. The zero-order valence-electron chi connectivity index (χ0n) is 11.8. The first-order valence-electron chi connectivity index (χ1n) is 6.59. The van der Waals surface area contributed by atoms with Crippen LogP contribution in [0.25, 0.3) is 10.8 Å². The highest BCUT2D eigenvalue weighted by Crippen LogP contribution is 2.27. The second-order valence-corrected chi connectivity index (χ2v) is 7.70. The van der Waals surface area contributed by atoms with Crippen LogP contribution in [0, 0.1) is 0 Å². The van der Waals surface area contributed by atoms with Gasteiger partial charge in [0.25, 0.3) is 0 Å². The van der Waals surface area contributed by atoms with E-state index in [1.165, 1.54) is 0 Å². The molecule has 0 spiro atoms. The van der Waals surface area contributed by atoms with Crippen LogP contribution in [-0.4, -0.2) is 15.5 Å². The molecular weight excluding hydrogens is 364 g/mol. The van der Waals surface area contributed by atoms with Crippen molar-refractivity contribution in [2.75, 3.05) is 7.11 Å². The Morgan fingerprint density at radius 2 is 1.41 bits per heavy atom. The Bertz CT molecular complexity index is 932. The van der Waals surface area contributed by atoms with Crippen LogP contribution in [0.5, 0.6) is 5.75 Å². The second kappa shape index (κ2) is 5.74. The highest BCUT2D eigenvalue weighted by Gasteiger charge is 2.18. The van der Waals surface area contributed by atoms with Gasteiger partial charge in [-0.25, -0.2) is 8.42 Å². The van der Waals surface area contributed by atoms with Crippen LogP contribution >= 0.6 is 15.9 Å². The minimum atomic E-state index is -3.53. The number of sulfone groups is 1. The van der Waals surface area contributed by atoms with Gasteiger partial charge in [-0.3, -0.25) is 0 Å². The van der Waals surface area contributed by atoms with E-state index in [0.717, 1.165) is 15.2 Å². The van der Waals surface area contributed by atoms with Gasteiger partial charge in [-0.1, -0.05) is 28.1 Å². The van der Waals surface area contributed by atoms with Crippen molar-refractivity contribution < 1.29 is 13.2 Å². The number of halogens is 1. The van der Waals surface area contributed by atoms with Gasteiger partial charge in [-0.2, -0.15) is 0 Å². The molecule has 0 saturated heterocycles. The normalized spacial score (nSPS) is 11.5. The molecule has 0 bridgehead atoms. The Morgan fingerprint density at radius 3 is 2.09 bits per heavy atom. The van der Waals surface area contributed by atoms with E-state index in [4.69, 9.17) is 4.74 Å². The molecule has 3 nitrogen and oxygen atoms in total. The van der Waals surface area contributed by atoms with E-state index in [1.807, 2.05) is 24.3 Å². The van der Waals surface area contributed by atoms with Crippen molar-refractivity contribution in [2.45, 2.75) is 9.79 Å². The molecule has 0 aliphatic rings. The monoisotopic (exact) mass is 376 g/mol. The molecule has 0 aliphatic carbocycles. The van der Waals surface area contributed by atoms with E-state index in [0.29, 0.717) is 5.75 Å². The van der Waals surface area contributed by atoms with Crippen LogP contribution in [0.15, 0.2) is 74.9 Å². The summed E-state index contributed by atoms with van der Waals surface area (Å²) in [6.07, 6.45) is 0. The van der Waals surface area contributed by atoms with Crippen molar-refractivity contribution in [3.8, 4) is 5.75 Å². The average molecular weight is 377 g/mol. The molecule has 22 heavy (non-hydrogen) atoms. The van der Waals surface area contributed by atoms with Crippen molar-refractivity contribution in [1.29, 1.82) is 0 Å². The number of hydrogen-bond acceptors (Lipinski definition) is 3. The molecule has 0 saturated carbocycles. The molecule has 112 valence electrons. The van der Waals surface area contributed by atoms with Crippen molar-refractivity contribution >= 4 is 36.5 Å². The zero-order chi connectivity index (χ0) is 15.7. The van der Waals surface area contributed by atoms with Gasteiger partial charge in [0.15, 0.2) is 0 Å². The fraction of sp³-hybridized carbons (Fsp3) is 0.0588. The number of benzene rings is 3. The Labute approximate surface area is 137 Å². The average Bonchev–Trinajstić information content (AvgIpc) is 2.54. The van der Waals surface area contributed by atoms with Crippen LogP contribution < -0.4 is 4.74 Å². The van der Waals surface area contributed by atoms with Crippen molar-refractivity contribution in [3.63, 3.8) is 0 Å². The highest BCUT2D eigenvalue weighted by molar-refractivity contribution is 9.10. The van der Waals surface area contributed by atoms with Crippen LogP contribution in [-0.2, 0) is 9.84 Å². The van der Waals surface area contributed by atoms with Gasteiger partial charge in [0.05, 0.1) is 16.9 Å². The van der Waals surface area contributed by atoms with E-state index < -0.39 is 9.84 Å². The summed E-state index contributed by atoms with van der Waals surface area (Å²) in [5, 5.41) is 1.88. The minimum absolute atomic E-state index is 0.254. The number of rotatable bonds is 3. The summed E-state index contributed by atoms with van der Waals surface area (Å²) in [5.74, 6) is 0.627. The lowest BCUT2D eigenvalue weighted by molar-refractivity contribution is 0.414. The van der Waals surface area contributed by atoms with Gasteiger partial charge in [0, 0.05) is 4.47 Å². The molecular formula is C17H13BrO3S. The van der Waals surface area contributed by atoms with Gasteiger partial charge in [0.2, 0.25) is 9.84 Å². The summed E-state index contributed by atoms with van der Waals surface area (Å²) in [7, 11) is -1.99. The molecule has 0 N–H and O–H groups in total. The first kappa shape index (κ1) is 15.1. The SMILES string of the molecule is COc1ccc(S(=O)(=O)c2ccc3cc(Br)ccc3c2)cc1. The van der Waals surface area contributed by atoms with E-state index in [9.17, 15) is 8.42 Å². The van der Waals surface area contributed by atoms with Gasteiger partial charge < -0.3 is 4.74 Å². The minimum Gasteiger partial charge on any atom is -0.497 e. The molecule has 3 aromatic rings. The van der Waals surface area contributed by atoms with Crippen LogP contribution in [0.2, 0.25) is 0 Å². The predicted molar refractivity (Wildman–Crippen MR) is 90.1 cm³/mol. The summed E-state index contributed by atoms with van der Waals surface area (Å²) >= 11 is 3.41. The summed E-state index contributed by atoms with van der Waals surface area (Å²) in [6, 6.07) is 17.3. The fourth-order valence-corrected chi connectivity index (χ4v) is 3.93. The lowest BCUT2D eigenvalue weighted by Crippen LogP contribution is -2.01. The number of hydrogen-bond donors (Lipinski definition) is 0. The molecule has 3 aromatic carbocycles. The first-order valence-corrected chi connectivity index (χ1v) is 8.87. The molecule has 0 heterocycles. The quantitative estimate of drug-likeness (QED) is 0.678. The van der Waals surface area contributed by atoms with Gasteiger partial charge in [0.1, 0.15) is 5.75 Å². The van der Waals surface area contributed by atoms with Crippen molar-refractivity contribution in [1.82, 2.24) is 0 Å². The van der Waals surface area contributed by atoms with E-state index in [1.54, 1.807) is 43.5 Å². The second-order valence-electron chi connectivity index (χ2n) is 4.83. The van der Waals surface area contributed by atoms with E-state index in [-0.39, 0.29) is 9.79 Å². The summed E-state index contributed by atoms with van der Waals surface area (Å²) in [4.78, 5) is 0.539. The van der Waals surface area contributed by atoms with Crippen LogP contribution in [0.3, 0.4) is 0 Å². The maximum atomic E-state index is 12.7. The third-order valence-electron chi connectivity index (χ3n) is 3.45. The molecule has 0 unspecified atom stereocenters. The predicted octanol–water partition coefficient (Wildman–Crippen LogP) is 4.44. The maximum absolute atomic E-state index is 12.7.